The molecule has 1 N–H and O–H groups in total. The van der Waals surface area contributed by atoms with Crippen LogP contribution in [0.2, 0.25) is 5.02 Å². The van der Waals surface area contributed by atoms with Crippen LogP contribution < -0.4 is 0 Å². The quantitative estimate of drug-likeness (QED) is 0.872. The molecule has 0 spiro atoms. The van der Waals surface area contributed by atoms with Gasteiger partial charge in [-0.05, 0) is 36.0 Å². The first-order valence-corrected chi connectivity index (χ1v) is 6.57. The van der Waals surface area contributed by atoms with Crippen LogP contribution in [-0.4, -0.2) is 11.2 Å². The Morgan fingerprint density at radius 2 is 2.24 bits per heavy atom. The monoisotopic (exact) mass is 256 g/mol. The van der Waals surface area contributed by atoms with Gasteiger partial charge >= 0.3 is 0 Å². The van der Waals surface area contributed by atoms with Crippen molar-refractivity contribution in [3.05, 3.63) is 34.6 Å². The summed E-state index contributed by atoms with van der Waals surface area (Å²) in [5, 5.41) is 10.6. The first-order chi connectivity index (χ1) is 8.08. The van der Waals surface area contributed by atoms with E-state index in [0.29, 0.717) is 23.3 Å². The van der Waals surface area contributed by atoms with Crippen molar-refractivity contribution in [2.75, 3.05) is 0 Å². The lowest BCUT2D eigenvalue weighted by Gasteiger charge is -2.22. The predicted octanol–water partition coefficient (Wildman–Crippen LogP) is 3.82. The van der Waals surface area contributed by atoms with E-state index in [0.717, 1.165) is 12.0 Å². The van der Waals surface area contributed by atoms with E-state index < -0.39 is 0 Å². The smallest absolute Gasteiger partial charge is 0.124 e. The molecule has 0 amide bonds. The molecule has 0 aromatic heterocycles. The molecule has 1 nitrogen and oxygen atoms in total. The van der Waals surface area contributed by atoms with Crippen LogP contribution in [0.5, 0.6) is 0 Å². The molecule has 1 aromatic rings. The van der Waals surface area contributed by atoms with Crippen LogP contribution in [-0.2, 0) is 6.42 Å². The molecular formula is C14H18ClFO. The average molecular weight is 257 g/mol. The van der Waals surface area contributed by atoms with Gasteiger partial charge in [0.25, 0.3) is 0 Å². The molecule has 1 aliphatic rings. The van der Waals surface area contributed by atoms with Gasteiger partial charge in [0.15, 0.2) is 0 Å². The number of halogens is 2. The van der Waals surface area contributed by atoms with Crippen molar-refractivity contribution < 1.29 is 9.50 Å². The minimum atomic E-state index is -0.365. The highest BCUT2D eigenvalue weighted by molar-refractivity contribution is 6.31. The molecule has 94 valence electrons. The topological polar surface area (TPSA) is 20.2 Å². The van der Waals surface area contributed by atoms with Gasteiger partial charge in [0.1, 0.15) is 5.82 Å². The normalized spacial score (nSPS) is 26.1. The Morgan fingerprint density at radius 3 is 2.82 bits per heavy atom. The van der Waals surface area contributed by atoms with Gasteiger partial charge in [0.2, 0.25) is 0 Å². The fourth-order valence-corrected chi connectivity index (χ4v) is 3.05. The number of hydrogen-bond donors (Lipinski definition) is 1. The average Bonchev–Trinajstić information content (AvgIpc) is 2.68. The Kier molecular flexibility index (Phi) is 4.05. The molecule has 3 heteroatoms. The molecule has 1 aliphatic carbocycles. The summed E-state index contributed by atoms with van der Waals surface area (Å²) in [7, 11) is 0. The Bertz CT molecular complexity index is 394. The second-order valence-electron chi connectivity index (χ2n) is 5.08. The molecule has 3 unspecified atom stereocenters. The molecule has 2 rings (SSSR count). The summed E-state index contributed by atoms with van der Waals surface area (Å²) in [4.78, 5) is 0. The second-order valence-corrected chi connectivity index (χ2v) is 5.49. The van der Waals surface area contributed by atoms with E-state index in [9.17, 15) is 9.50 Å². The van der Waals surface area contributed by atoms with Gasteiger partial charge < -0.3 is 5.11 Å². The van der Waals surface area contributed by atoms with Crippen molar-refractivity contribution >= 4 is 11.6 Å². The summed E-state index contributed by atoms with van der Waals surface area (Å²) in [6, 6.07) is 4.37. The number of benzene rings is 1. The Morgan fingerprint density at radius 1 is 1.47 bits per heavy atom. The van der Waals surface area contributed by atoms with Gasteiger partial charge in [-0.1, -0.05) is 37.4 Å². The lowest BCUT2D eigenvalue weighted by Crippen LogP contribution is -2.24. The largest absolute Gasteiger partial charge is 0.392 e. The second kappa shape index (κ2) is 5.36. The van der Waals surface area contributed by atoms with Gasteiger partial charge in [-0.25, -0.2) is 4.39 Å². The number of hydrogen-bond acceptors (Lipinski definition) is 1. The zero-order chi connectivity index (χ0) is 12.4. The van der Waals surface area contributed by atoms with Gasteiger partial charge in [-0.2, -0.15) is 0 Å². The lowest BCUT2D eigenvalue weighted by atomic mass is 9.88. The van der Waals surface area contributed by atoms with Crippen LogP contribution in [0.1, 0.15) is 31.7 Å². The fourth-order valence-electron chi connectivity index (χ4n) is 2.81. The Labute approximate surface area is 107 Å². The Hall–Kier alpha value is -0.600. The van der Waals surface area contributed by atoms with E-state index in [1.54, 1.807) is 6.07 Å². The van der Waals surface area contributed by atoms with E-state index in [1.807, 2.05) is 0 Å². The molecule has 0 saturated heterocycles. The third-order valence-corrected chi connectivity index (χ3v) is 4.22. The van der Waals surface area contributed by atoms with Gasteiger partial charge in [-0.3, -0.25) is 0 Å². The van der Waals surface area contributed by atoms with Crippen LogP contribution in [0.4, 0.5) is 4.39 Å². The summed E-state index contributed by atoms with van der Waals surface area (Å²) in [6.45, 7) is 2.19. The maximum Gasteiger partial charge on any atom is 0.124 e. The maximum atomic E-state index is 12.9. The third kappa shape index (κ3) is 2.99. The minimum absolute atomic E-state index is 0.331. The molecule has 0 aliphatic heterocycles. The van der Waals surface area contributed by atoms with Crippen LogP contribution in [0.15, 0.2) is 18.2 Å². The van der Waals surface area contributed by atoms with E-state index in [2.05, 4.69) is 6.92 Å². The van der Waals surface area contributed by atoms with E-state index >= 15 is 0 Å². The number of aliphatic hydroxyl groups is 1. The van der Waals surface area contributed by atoms with Crippen molar-refractivity contribution in [3.8, 4) is 0 Å². The van der Waals surface area contributed by atoms with Crippen LogP contribution in [0.3, 0.4) is 0 Å². The summed E-state index contributed by atoms with van der Waals surface area (Å²) in [6.07, 6.45) is 3.63. The van der Waals surface area contributed by atoms with Crippen molar-refractivity contribution in [1.82, 2.24) is 0 Å². The first-order valence-electron chi connectivity index (χ1n) is 6.20. The van der Waals surface area contributed by atoms with Crippen molar-refractivity contribution in [2.24, 2.45) is 11.8 Å². The zero-order valence-corrected chi connectivity index (χ0v) is 10.8. The van der Waals surface area contributed by atoms with Crippen LogP contribution >= 0.6 is 11.6 Å². The van der Waals surface area contributed by atoms with E-state index in [-0.39, 0.29) is 11.9 Å². The van der Waals surface area contributed by atoms with E-state index in [1.165, 1.54) is 25.0 Å². The number of aliphatic hydroxyl groups excluding tert-OH is 1. The summed E-state index contributed by atoms with van der Waals surface area (Å²) >= 11 is 5.97. The SMILES string of the molecule is CC1CCCC1C(O)Cc1ccc(F)cc1Cl. The standard InChI is InChI=1S/C14H18ClFO/c1-9-3-2-4-12(9)14(17)7-10-5-6-11(16)8-13(10)15/h5-6,8-9,12,14,17H,2-4,7H2,1H3. The van der Waals surface area contributed by atoms with Gasteiger partial charge in [0, 0.05) is 11.4 Å². The molecule has 3 atom stereocenters. The molecule has 0 heterocycles. The van der Waals surface area contributed by atoms with Crippen molar-refractivity contribution in [2.45, 2.75) is 38.7 Å². The first kappa shape index (κ1) is 12.8. The number of rotatable bonds is 3. The highest BCUT2D eigenvalue weighted by Crippen LogP contribution is 2.35. The molecule has 0 radical (unpaired) electrons. The summed E-state index contributed by atoms with van der Waals surface area (Å²) < 4.78 is 12.9. The lowest BCUT2D eigenvalue weighted by molar-refractivity contribution is 0.0902. The molecular weight excluding hydrogens is 239 g/mol. The molecule has 1 saturated carbocycles. The van der Waals surface area contributed by atoms with Crippen LogP contribution in [0, 0.1) is 17.7 Å². The van der Waals surface area contributed by atoms with Crippen molar-refractivity contribution in [3.63, 3.8) is 0 Å². The summed E-state index contributed by atoms with van der Waals surface area (Å²) in [5.41, 5.74) is 0.833. The molecule has 1 fully saturated rings. The minimum Gasteiger partial charge on any atom is -0.392 e. The van der Waals surface area contributed by atoms with Crippen molar-refractivity contribution in [1.29, 1.82) is 0 Å². The van der Waals surface area contributed by atoms with Gasteiger partial charge in [0.05, 0.1) is 6.10 Å². The molecule has 1 aromatic carbocycles. The highest BCUT2D eigenvalue weighted by atomic mass is 35.5. The highest BCUT2D eigenvalue weighted by Gasteiger charge is 2.29. The van der Waals surface area contributed by atoms with Crippen LogP contribution in [0.25, 0.3) is 0 Å². The van der Waals surface area contributed by atoms with E-state index in [4.69, 9.17) is 11.6 Å². The maximum absolute atomic E-state index is 12.9. The summed E-state index contributed by atoms with van der Waals surface area (Å²) in [5.74, 6) is 0.600. The molecule has 17 heavy (non-hydrogen) atoms. The zero-order valence-electron chi connectivity index (χ0n) is 10.00. The molecule has 0 bridgehead atoms. The Balaban J connectivity index is 2.04. The van der Waals surface area contributed by atoms with Gasteiger partial charge in [-0.15, -0.1) is 0 Å². The third-order valence-electron chi connectivity index (χ3n) is 3.87. The fraction of sp³-hybridized carbons (Fsp3) is 0.571. The predicted molar refractivity (Wildman–Crippen MR) is 67.6 cm³/mol.